The molecule has 1 aromatic heterocycles. The zero-order chi connectivity index (χ0) is 13.1. The highest BCUT2D eigenvalue weighted by molar-refractivity contribution is 7.91. The summed E-state index contributed by atoms with van der Waals surface area (Å²) in [5, 5.41) is 8.65. The highest BCUT2D eigenvalue weighted by atomic mass is 32.2. The molecular formula is C12H19NO3S. The van der Waals surface area contributed by atoms with Gasteiger partial charge in [0.05, 0.1) is 10.6 Å². The summed E-state index contributed by atoms with van der Waals surface area (Å²) in [6, 6.07) is 3.33. The van der Waals surface area contributed by atoms with E-state index in [1.807, 2.05) is 20.8 Å². The fourth-order valence-corrected chi connectivity index (χ4v) is 2.61. The van der Waals surface area contributed by atoms with E-state index in [2.05, 4.69) is 4.98 Å². The number of aromatic nitrogens is 1. The van der Waals surface area contributed by atoms with Gasteiger partial charge >= 0.3 is 0 Å². The second kappa shape index (κ2) is 5.14. The van der Waals surface area contributed by atoms with Crippen LogP contribution >= 0.6 is 0 Å². The van der Waals surface area contributed by atoms with Crippen LogP contribution in [0.4, 0.5) is 0 Å². The number of sulfone groups is 1. The average molecular weight is 257 g/mol. The Bertz CT molecular complexity index is 458. The normalized spacial score (nSPS) is 12.7. The zero-order valence-corrected chi connectivity index (χ0v) is 11.3. The number of rotatable bonds is 4. The monoisotopic (exact) mass is 257 g/mol. The molecule has 0 fully saturated rings. The van der Waals surface area contributed by atoms with Crippen molar-refractivity contribution in [3.05, 3.63) is 24.0 Å². The fraction of sp³-hybridized carbons (Fsp3) is 0.583. The van der Waals surface area contributed by atoms with Crippen molar-refractivity contribution in [1.29, 1.82) is 0 Å². The smallest absolute Gasteiger partial charge is 0.179 e. The van der Waals surface area contributed by atoms with Crippen LogP contribution < -0.4 is 0 Å². The summed E-state index contributed by atoms with van der Waals surface area (Å²) < 4.78 is 23.6. The molecule has 1 aromatic rings. The van der Waals surface area contributed by atoms with Gasteiger partial charge in [0.1, 0.15) is 0 Å². The van der Waals surface area contributed by atoms with Gasteiger partial charge in [0.2, 0.25) is 0 Å². The summed E-state index contributed by atoms with van der Waals surface area (Å²) >= 11 is 0. The van der Waals surface area contributed by atoms with Crippen LogP contribution in [0.1, 0.15) is 32.9 Å². The van der Waals surface area contributed by atoms with Crippen molar-refractivity contribution in [1.82, 2.24) is 4.98 Å². The van der Waals surface area contributed by atoms with E-state index in [0.717, 1.165) is 5.69 Å². The topological polar surface area (TPSA) is 67.3 Å². The second-order valence-electron chi connectivity index (χ2n) is 5.03. The molecule has 0 aliphatic rings. The van der Waals surface area contributed by atoms with E-state index in [9.17, 15) is 8.42 Å². The Balaban J connectivity index is 2.95. The van der Waals surface area contributed by atoms with Crippen LogP contribution in [0.2, 0.25) is 0 Å². The highest BCUT2D eigenvalue weighted by Crippen LogP contribution is 2.21. The highest BCUT2D eigenvalue weighted by Gasteiger charge is 2.18. The van der Waals surface area contributed by atoms with Gasteiger partial charge in [-0.25, -0.2) is 8.42 Å². The first-order valence-corrected chi connectivity index (χ1v) is 7.23. The molecule has 4 nitrogen and oxygen atoms in total. The maximum atomic E-state index is 11.8. The van der Waals surface area contributed by atoms with Gasteiger partial charge < -0.3 is 5.11 Å². The van der Waals surface area contributed by atoms with Gasteiger partial charge in [-0.15, -0.1) is 0 Å². The molecule has 96 valence electrons. The first kappa shape index (κ1) is 14.1. The fourth-order valence-electron chi connectivity index (χ4n) is 1.38. The Morgan fingerprint density at radius 1 is 1.29 bits per heavy atom. The van der Waals surface area contributed by atoms with Crippen molar-refractivity contribution in [2.24, 2.45) is 0 Å². The minimum absolute atomic E-state index is 0.0416. The van der Waals surface area contributed by atoms with E-state index in [0.29, 0.717) is 0 Å². The predicted molar refractivity (Wildman–Crippen MR) is 66.7 cm³/mol. The van der Waals surface area contributed by atoms with Crippen LogP contribution in [-0.4, -0.2) is 30.9 Å². The van der Waals surface area contributed by atoms with E-state index in [1.165, 1.54) is 6.20 Å². The summed E-state index contributed by atoms with van der Waals surface area (Å²) in [7, 11) is -3.31. The van der Waals surface area contributed by atoms with Crippen LogP contribution in [0.15, 0.2) is 23.2 Å². The molecule has 0 saturated carbocycles. The van der Waals surface area contributed by atoms with Crippen LogP contribution in [0.25, 0.3) is 0 Å². The first-order valence-electron chi connectivity index (χ1n) is 5.57. The summed E-state index contributed by atoms with van der Waals surface area (Å²) in [5.41, 5.74) is 0.770. The van der Waals surface area contributed by atoms with Gasteiger partial charge in [0.15, 0.2) is 9.84 Å². The lowest BCUT2D eigenvalue weighted by molar-refractivity contribution is 0.295. The Labute approximate surface area is 103 Å². The minimum Gasteiger partial charge on any atom is -0.396 e. The van der Waals surface area contributed by atoms with E-state index in [-0.39, 0.29) is 29.1 Å². The number of pyridine rings is 1. The summed E-state index contributed by atoms with van der Waals surface area (Å²) in [6.45, 7) is 5.95. The van der Waals surface area contributed by atoms with Crippen molar-refractivity contribution in [3.63, 3.8) is 0 Å². The molecule has 0 unspecified atom stereocenters. The lowest BCUT2D eigenvalue weighted by Crippen LogP contribution is -2.14. The Morgan fingerprint density at radius 3 is 2.35 bits per heavy atom. The van der Waals surface area contributed by atoms with Gasteiger partial charge in [-0.2, -0.15) is 0 Å². The van der Waals surface area contributed by atoms with E-state index in [4.69, 9.17) is 5.11 Å². The van der Waals surface area contributed by atoms with Crippen molar-refractivity contribution in [3.8, 4) is 0 Å². The van der Waals surface area contributed by atoms with Crippen molar-refractivity contribution in [2.45, 2.75) is 37.5 Å². The lowest BCUT2D eigenvalue weighted by Gasteiger charge is -2.17. The lowest BCUT2D eigenvalue weighted by atomic mass is 9.92. The maximum Gasteiger partial charge on any atom is 0.179 e. The van der Waals surface area contributed by atoms with Gasteiger partial charge in [-0.05, 0) is 18.6 Å². The first-order chi connectivity index (χ1) is 7.77. The largest absolute Gasteiger partial charge is 0.396 e. The van der Waals surface area contributed by atoms with E-state index < -0.39 is 9.84 Å². The molecule has 0 spiro atoms. The number of nitrogens with zero attached hydrogens (tertiary/aromatic N) is 1. The number of hydrogen-bond acceptors (Lipinski definition) is 4. The zero-order valence-electron chi connectivity index (χ0n) is 10.5. The van der Waals surface area contributed by atoms with Gasteiger partial charge in [0.25, 0.3) is 0 Å². The summed E-state index contributed by atoms with van der Waals surface area (Å²) in [6.07, 6.45) is 1.65. The molecule has 1 N–H and O–H groups in total. The molecule has 0 saturated heterocycles. The SMILES string of the molecule is CC(C)(C)c1ccc(S(=O)(=O)CCCO)cn1. The third kappa shape index (κ3) is 3.78. The molecule has 1 rings (SSSR count). The molecule has 0 aliphatic carbocycles. The molecule has 0 aliphatic heterocycles. The van der Waals surface area contributed by atoms with Crippen LogP contribution in [0, 0.1) is 0 Å². The molecule has 0 radical (unpaired) electrons. The Kier molecular flexibility index (Phi) is 4.27. The van der Waals surface area contributed by atoms with Crippen LogP contribution in [-0.2, 0) is 15.3 Å². The summed E-state index contributed by atoms with van der Waals surface area (Å²) in [5.74, 6) is -0.0416. The standard InChI is InChI=1S/C12H19NO3S/c1-12(2,3)11-6-5-10(9-13-11)17(15,16)8-4-7-14/h5-6,9,14H,4,7-8H2,1-3H3. The third-order valence-electron chi connectivity index (χ3n) is 2.44. The van der Waals surface area contributed by atoms with E-state index >= 15 is 0 Å². The van der Waals surface area contributed by atoms with E-state index in [1.54, 1.807) is 12.1 Å². The molecule has 0 aromatic carbocycles. The van der Waals surface area contributed by atoms with Crippen molar-refractivity contribution in [2.75, 3.05) is 12.4 Å². The second-order valence-corrected chi connectivity index (χ2v) is 7.13. The molecule has 0 amide bonds. The Hall–Kier alpha value is -0.940. The molecule has 5 heteroatoms. The average Bonchev–Trinajstić information content (AvgIpc) is 2.25. The van der Waals surface area contributed by atoms with Crippen molar-refractivity contribution < 1.29 is 13.5 Å². The third-order valence-corrected chi connectivity index (χ3v) is 4.22. The van der Waals surface area contributed by atoms with Crippen LogP contribution in [0.3, 0.4) is 0 Å². The molecular weight excluding hydrogens is 238 g/mol. The molecule has 0 atom stereocenters. The van der Waals surface area contributed by atoms with Gasteiger partial charge in [-0.3, -0.25) is 4.98 Å². The number of aliphatic hydroxyl groups is 1. The summed E-state index contributed by atoms with van der Waals surface area (Å²) in [4.78, 5) is 4.40. The van der Waals surface area contributed by atoms with Gasteiger partial charge in [0, 0.05) is 23.9 Å². The quantitative estimate of drug-likeness (QED) is 0.888. The van der Waals surface area contributed by atoms with Gasteiger partial charge in [-0.1, -0.05) is 20.8 Å². The number of hydrogen-bond donors (Lipinski definition) is 1. The molecule has 1 heterocycles. The van der Waals surface area contributed by atoms with Crippen LogP contribution in [0.5, 0.6) is 0 Å². The minimum atomic E-state index is -3.31. The predicted octanol–water partition coefficient (Wildman–Crippen LogP) is 1.54. The number of aliphatic hydroxyl groups excluding tert-OH is 1. The maximum absolute atomic E-state index is 11.8. The Morgan fingerprint density at radius 2 is 1.94 bits per heavy atom. The van der Waals surface area contributed by atoms with Crippen molar-refractivity contribution >= 4 is 9.84 Å². The molecule has 0 bridgehead atoms. The molecule has 17 heavy (non-hydrogen) atoms.